The second-order valence-corrected chi connectivity index (χ2v) is 23.4. The van der Waals surface area contributed by atoms with Gasteiger partial charge in [-0.05, 0) is 109 Å². The molecule has 6 nitrogen and oxygen atoms in total. The molecule has 0 fully saturated rings. The van der Waals surface area contributed by atoms with Gasteiger partial charge in [-0.15, -0.1) is 0 Å². The fourth-order valence-electron chi connectivity index (χ4n) is 9.99. The van der Waals surface area contributed by atoms with Crippen LogP contribution in [0.5, 0.6) is 0 Å². The average Bonchev–Trinajstić information content (AvgIpc) is 3.48. The molecule has 0 aliphatic heterocycles. The van der Waals surface area contributed by atoms with Gasteiger partial charge >= 0.3 is 17.9 Å². The lowest BCUT2D eigenvalue weighted by Crippen LogP contribution is -2.30. The first kappa shape index (κ1) is 79.1. The van der Waals surface area contributed by atoms with Gasteiger partial charge in [-0.3, -0.25) is 14.4 Å². The lowest BCUT2D eigenvalue weighted by Gasteiger charge is -2.18. The number of allylic oxidation sites excluding steroid dienone is 18. The molecule has 0 amide bonds. The van der Waals surface area contributed by atoms with Crippen molar-refractivity contribution in [1.29, 1.82) is 0 Å². The summed E-state index contributed by atoms with van der Waals surface area (Å²) in [6.07, 6.45) is 96.9. The van der Waals surface area contributed by atoms with Crippen LogP contribution >= 0.6 is 0 Å². The Morgan fingerprint density at radius 2 is 0.470 bits per heavy atom. The predicted octanol–water partition coefficient (Wildman–Crippen LogP) is 24.6. The molecule has 0 saturated heterocycles. The van der Waals surface area contributed by atoms with Crippen molar-refractivity contribution in [1.82, 2.24) is 0 Å². The van der Waals surface area contributed by atoms with E-state index in [1.807, 2.05) is 0 Å². The minimum Gasteiger partial charge on any atom is -0.462 e. The van der Waals surface area contributed by atoms with Crippen molar-refractivity contribution in [2.24, 2.45) is 0 Å². The largest absolute Gasteiger partial charge is 0.462 e. The molecule has 1 unspecified atom stereocenters. The van der Waals surface area contributed by atoms with Gasteiger partial charge < -0.3 is 14.2 Å². The van der Waals surface area contributed by atoms with Crippen molar-refractivity contribution in [3.8, 4) is 0 Å². The van der Waals surface area contributed by atoms with Crippen LogP contribution in [0.25, 0.3) is 0 Å². The van der Waals surface area contributed by atoms with Gasteiger partial charge in [0.25, 0.3) is 0 Å². The number of carbonyl (C=O) groups is 3. The van der Waals surface area contributed by atoms with E-state index in [0.717, 1.165) is 122 Å². The Labute approximate surface area is 514 Å². The molecule has 0 aromatic heterocycles. The molecule has 0 N–H and O–H groups in total. The normalized spacial score (nSPS) is 12.8. The van der Waals surface area contributed by atoms with Crippen LogP contribution in [0.1, 0.15) is 342 Å². The van der Waals surface area contributed by atoms with Crippen LogP contribution in [0, 0.1) is 0 Å². The average molecular weight is 1150 g/mol. The summed E-state index contributed by atoms with van der Waals surface area (Å²) in [5.41, 5.74) is 0. The molecule has 0 spiro atoms. The molecule has 0 radical (unpaired) electrons. The molecular formula is C77H132O6. The minimum atomic E-state index is -0.785. The standard InChI is InChI=1S/C77H132O6/c1-4-7-10-13-16-19-22-24-26-28-30-32-34-35-36-37-38-39-40-41-43-44-46-48-50-52-55-58-61-64-67-70-76(79)82-73-74(72-81-75(78)69-66-63-60-57-54-21-18-15-12-9-6-3)83-77(80)71-68-65-62-59-56-53-51-49-47-45-42-33-31-29-27-25-23-20-17-14-11-8-5-2/h7,10,16,19,24,26,29-32,35-36,38-39,41,43,46,48,74H,4-6,8-9,11-15,17-18,20-23,25,27-28,33-34,37,40,42,44-45,47,49-73H2,1-3H3/b10-7-,19-16-,26-24-,31-29-,32-30-,36-35-,39-38-,43-41-,48-46-. The maximum Gasteiger partial charge on any atom is 0.306 e. The van der Waals surface area contributed by atoms with Crippen LogP contribution in [-0.4, -0.2) is 37.2 Å². The van der Waals surface area contributed by atoms with Crippen molar-refractivity contribution in [2.45, 2.75) is 348 Å². The maximum atomic E-state index is 12.9. The highest BCUT2D eigenvalue weighted by Gasteiger charge is 2.19. The van der Waals surface area contributed by atoms with E-state index in [2.05, 4.69) is 130 Å². The number of hydrogen-bond acceptors (Lipinski definition) is 6. The van der Waals surface area contributed by atoms with E-state index in [-0.39, 0.29) is 31.1 Å². The molecule has 0 aliphatic carbocycles. The summed E-state index contributed by atoms with van der Waals surface area (Å²) >= 11 is 0. The van der Waals surface area contributed by atoms with E-state index in [9.17, 15) is 14.4 Å². The fraction of sp³-hybridized carbons (Fsp3) is 0.727. The highest BCUT2D eigenvalue weighted by atomic mass is 16.6. The molecular weight excluding hydrogens is 1020 g/mol. The molecule has 83 heavy (non-hydrogen) atoms. The van der Waals surface area contributed by atoms with Crippen molar-refractivity contribution in [3.63, 3.8) is 0 Å². The van der Waals surface area contributed by atoms with Gasteiger partial charge in [-0.2, -0.15) is 0 Å². The predicted molar refractivity (Wildman–Crippen MR) is 362 cm³/mol. The molecule has 476 valence electrons. The van der Waals surface area contributed by atoms with Crippen molar-refractivity contribution < 1.29 is 28.6 Å². The zero-order valence-electron chi connectivity index (χ0n) is 54.7. The van der Waals surface area contributed by atoms with Gasteiger partial charge in [0.2, 0.25) is 0 Å². The van der Waals surface area contributed by atoms with E-state index in [4.69, 9.17) is 14.2 Å². The second kappa shape index (κ2) is 70.6. The topological polar surface area (TPSA) is 78.9 Å². The van der Waals surface area contributed by atoms with E-state index in [1.165, 1.54) is 180 Å². The van der Waals surface area contributed by atoms with Crippen LogP contribution in [0.4, 0.5) is 0 Å². The molecule has 0 aliphatic rings. The minimum absolute atomic E-state index is 0.0801. The number of unbranched alkanes of at least 4 members (excludes halogenated alkanes) is 35. The SMILES string of the molecule is CC/C=C\C/C=C\C/C=C\C/C=C\C/C=C\C/C=C\C/C=C\C/C=C\CCCCCCCCC(=O)OCC(COC(=O)CCCCCCCCCCCCC)OC(=O)CCCCCCCCCCCCC/C=C\CCCCCCCCCC. The Morgan fingerprint density at radius 1 is 0.253 bits per heavy atom. The van der Waals surface area contributed by atoms with Crippen LogP contribution in [0.3, 0.4) is 0 Å². The second-order valence-electron chi connectivity index (χ2n) is 23.4. The quantitative estimate of drug-likeness (QED) is 0.0261. The van der Waals surface area contributed by atoms with Crippen LogP contribution in [-0.2, 0) is 28.6 Å². The zero-order chi connectivity index (χ0) is 59.9. The highest BCUT2D eigenvalue weighted by molar-refractivity contribution is 5.71. The summed E-state index contributed by atoms with van der Waals surface area (Å²) in [6, 6.07) is 0. The Morgan fingerprint density at radius 3 is 0.747 bits per heavy atom. The van der Waals surface area contributed by atoms with Crippen LogP contribution < -0.4 is 0 Å². The summed E-state index contributed by atoms with van der Waals surface area (Å²) < 4.78 is 16.9. The van der Waals surface area contributed by atoms with Crippen molar-refractivity contribution >= 4 is 17.9 Å². The lowest BCUT2D eigenvalue weighted by atomic mass is 10.0. The van der Waals surface area contributed by atoms with Gasteiger partial charge in [0.15, 0.2) is 6.10 Å². The molecule has 6 heteroatoms. The number of hydrogen-bond donors (Lipinski definition) is 0. The molecule has 0 rings (SSSR count). The Bertz CT molecular complexity index is 1660. The molecule has 0 aromatic rings. The van der Waals surface area contributed by atoms with Crippen LogP contribution in [0.2, 0.25) is 0 Å². The van der Waals surface area contributed by atoms with Gasteiger partial charge in [0, 0.05) is 19.3 Å². The maximum absolute atomic E-state index is 12.9. The Balaban J connectivity index is 4.28. The number of carbonyl (C=O) groups excluding carboxylic acids is 3. The molecule has 0 aromatic carbocycles. The fourth-order valence-corrected chi connectivity index (χ4v) is 9.99. The number of ether oxygens (including phenoxy) is 3. The monoisotopic (exact) mass is 1150 g/mol. The zero-order valence-corrected chi connectivity index (χ0v) is 54.7. The smallest absolute Gasteiger partial charge is 0.306 e. The Hall–Kier alpha value is -3.93. The van der Waals surface area contributed by atoms with Crippen molar-refractivity contribution in [3.05, 3.63) is 109 Å². The van der Waals surface area contributed by atoms with E-state index >= 15 is 0 Å². The van der Waals surface area contributed by atoms with E-state index < -0.39 is 6.10 Å². The molecule has 0 bridgehead atoms. The Kier molecular flexibility index (Phi) is 67.2. The third-order valence-corrected chi connectivity index (χ3v) is 15.3. The third kappa shape index (κ3) is 68.7. The summed E-state index contributed by atoms with van der Waals surface area (Å²) in [5.74, 6) is -0.884. The lowest BCUT2D eigenvalue weighted by molar-refractivity contribution is -0.167. The third-order valence-electron chi connectivity index (χ3n) is 15.3. The first-order chi connectivity index (χ1) is 41.0. The van der Waals surface area contributed by atoms with Crippen LogP contribution in [0.15, 0.2) is 109 Å². The number of esters is 3. The molecule has 0 saturated carbocycles. The highest BCUT2D eigenvalue weighted by Crippen LogP contribution is 2.17. The summed E-state index contributed by atoms with van der Waals surface area (Å²) in [6.45, 7) is 6.54. The van der Waals surface area contributed by atoms with E-state index in [1.54, 1.807) is 0 Å². The molecule has 1 atom stereocenters. The molecule has 0 heterocycles. The van der Waals surface area contributed by atoms with E-state index in [0.29, 0.717) is 19.3 Å². The summed E-state index contributed by atoms with van der Waals surface area (Å²) in [5, 5.41) is 0. The first-order valence-electron chi connectivity index (χ1n) is 35.4. The number of rotatable bonds is 64. The van der Waals surface area contributed by atoms with Gasteiger partial charge in [-0.25, -0.2) is 0 Å². The summed E-state index contributed by atoms with van der Waals surface area (Å²) in [4.78, 5) is 38.4. The summed E-state index contributed by atoms with van der Waals surface area (Å²) in [7, 11) is 0. The van der Waals surface area contributed by atoms with Gasteiger partial charge in [0.1, 0.15) is 13.2 Å². The first-order valence-corrected chi connectivity index (χ1v) is 35.4. The van der Waals surface area contributed by atoms with Gasteiger partial charge in [-0.1, -0.05) is 323 Å². The van der Waals surface area contributed by atoms with Crippen molar-refractivity contribution in [2.75, 3.05) is 13.2 Å². The van der Waals surface area contributed by atoms with Gasteiger partial charge in [0.05, 0.1) is 0 Å².